The Morgan fingerprint density at radius 1 is 1.43 bits per heavy atom. The number of carbonyl (C=O) groups is 2. The van der Waals surface area contributed by atoms with Crippen molar-refractivity contribution in [3.8, 4) is 0 Å². The molecule has 1 amide bonds. The highest BCUT2D eigenvalue weighted by Gasteiger charge is 2.34. The SMILES string of the molecule is CC(C)(CNC(=O)C(=O)O)C1CCC1. The van der Waals surface area contributed by atoms with Crippen molar-refractivity contribution in [2.75, 3.05) is 6.54 Å². The van der Waals surface area contributed by atoms with Gasteiger partial charge >= 0.3 is 11.9 Å². The van der Waals surface area contributed by atoms with E-state index in [-0.39, 0.29) is 5.41 Å². The van der Waals surface area contributed by atoms with Crippen LogP contribution in [0.25, 0.3) is 0 Å². The summed E-state index contributed by atoms with van der Waals surface area (Å²) in [6.07, 6.45) is 3.63. The normalized spacial score (nSPS) is 17.3. The number of nitrogens with one attached hydrogen (secondary N) is 1. The summed E-state index contributed by atoms with van der Waals surface area (Å²) in [4.78, 5) is 21.1. The minimum absolute atomic E-state index is 0.0172. The molecule has 0 aromatic carbocycles. The maximum Gasteiger partial charge on any atom is 0.394 e. The van der Waals surface area contributed by atoms with Crippen LogP contribution in [0.2, 0.25) is 0 Å². The van der Waals surface area contributed by atoms with Gasteiger partial charge in [-0.25, -0.2) is 4.79 Å². The summed E-state index contributed by atoms with van der Waals surface area (Å²) in [5.41, 5.74) is 0.0172. The molecule has 0 aromatic rings. The van der Waals surface area contributed by atoms with E-state index < -0.39 is 11.9 Å². The second-order valence-corrected chi connectivity index (χ2v) is 4.60. The van der Waals surface area contributed by atoms with Crippen molar-refractivity contribution in [2.45, 2.75) is 33.1 Å². The monoisotopic (exact) mass is 199 g/mol. The molecule has 1 aliphatic carbocycles. The molecule has 4 nitrogen and oxygen atoms in total. The second-order valence-electron chi connectivity index (χ2n) is 4.60. The van der Waals surface area contributed by atoms with Gasteiger partial charge in [0.15, 0.2) is 0 Å². The average Bonchev–Trinajstić information content (AvgIpc) is 1.95. The third-order valence-corrected chi connectivity index (χ3v) is 3.11. The fourth-order valence-electron chi connectivity index (χ4n) is 1.72. The lowest BCUT2D eigenvalue weighted by atomic mass is 9.67. The molecule has 1 saturated carbocycles. The van der Waals surface area contributed by atoms with Crippen LogP contribution in [0.4, 0.5) is 0 Å². The van der Waals surface area contributed by atoms with E-state index in [2.05, 4.69) is 19.2 Å². The fraction of sp³-hybridized carbons (Fsp3) is 0.800. The topological polar surface area (TPSA) is 66.4 Å². The number of hydrogen-bond acceptors (Lipinski definition) is 2. The van der Waals surface area contributed by atoms with E-state index in [9.17, 15) is 9.59 Å². The largest absolute Gasteiger partial charge is 0.474 e. The van der Waals surface area contributed by atoms with Crippen LogP contribution in [0.3, 0.4) is 0 Å². The molecule has 0 atom stereocenters. The van der Waals surface area contributed by atoms with Gasteiger partial charge in [0.2, 0.25) is 0 Å². The lowest BCUT2D eigenvalue weighted by Crippen LogP contribution is -2.43. The first-order valence-corrected chi connectivity index (χ1v) is 4.94. The van der Waals surface area contributed by atoms with Gasteiger partial charge in [0, 0.05) is 6.54 Å². The van der Waals surface area contributed by atoms with Crippen molar-refractivity contribution in [3.63, 3.8) is 0 Å². The summed E-state index contributed by atoms with van der Waals surface area (Å²) in [5, 5.41) is 10.8. The van der Waals surface area contributed by atoms with E-state index in [0.717, 1.165) is 0 Å². The summed E-state index contributed by atoms with van der Waals surface area (Å²) >= 11 is 0. The van der Waals surface area contributed by atoms with E-state index in [1.54, 1.807) is 0 Å². The third-order valence-electron chi connectivity index (χ3n) is 3.11. The van der Waals surface area contributed by atoms with Gasteiger partial charge in [-0.3, -0.25) is 4.79 Å². The van der Waals surface area contributed by atoms with Crippen LogP contribution in [0.5, 0.6) is 0 Å². The lowest BCUT2D eigenvalue weighted by Gasteiger charge is -2.40. The van der Waals surface area contributed by atoms with Crippen molar-refractivity contribution in [1.82, 2.24) is 5.32 Å². The summed E-state index contributed by atoms with van der Waals surface area (Å²) < 4.78 is 0. The maximum absolute atomic E-state index is 10.8. The van der Waals surface area contributed by atoms with E-state index >= 15 is 0 Å². The predicted molar refractivity (Wildman–Crippen MR) is 51.8 cm³/mol. The quantitative estimate of drug-likeness (QED) is 0.667. The maximum atomic E-state index is 10.8. The number of aliphatic carboxylic acids is 1. The Balaban J connectivity index is 2.35. The zero-order chi connectivity index (χ0) is 10.8. The van der Waals surface area contributed by atoms with Crippen LogP contribution < -0.4 is 5.32 Å². The van der Waals surface area contributed by atoms with Crippen LogP contribution in [0.15, 0.2) is 0 Å². The fourth-order valence-corrected chi connectivity index (χ4v) is 1.72. The highest BCUT2D eigenvalue weighted by atomic mass is 16.4. The predicted octanol–water partition coefficient (Wildman–Crippen LogP) is 1.01. The van der Waals surface area contributed by atoms with Gasteiger partial charge < -0.3 is 10.4 Å². The molecule has 0 heterocycles. The van der Waals surface area contributed by atoms with Gasteiger partial charge in [-0.2, -0.15) is 0 Å². The first kappa shape index (κ1) is 11.0. The van der Waals surface area contributed by atoms with Gasteiger partial charge in [0.05, 0.1) is 0 Å². The van der Waals surface area contributed by atoms with Gasteiger partial charge in [-0.15, -0.1) is 0 Å². The number of carboxylic acid groups (broad SMARTS) is 1. The molecular formula is C10H17NO3. The number of amides is 1. The molecule has 0 unspecified atom stereocenters. The first-order chi connectivity index (χ1) is 6.43. The molecule has 14 heavy (non-hydrogen) atoms. The van der Waals surface area contributed by atoms with Crippen LogP contribution in [-0.2, 0) is 9.59 Å². The van der Waals surface area contributed by atoms with Gasteiger partial charge in [-0.05, 0) is 24.2 Å². The molecule has 0 aromatic heterocycles. The van der Waals surface area contributed by atoms with E-state index in [4.69, 9.17) is 5.11 Å². The van der Waals surface area contributed by atoms with Gasteiger partial charge in [0.1, 0.15) is 0 Å². The first-order valence-electron chi connectivity index (χ1n) is 4.94. The van der Waals surface area contributed by atoms with E-state index in [1.807, 2.05) is 0 Å². The lowest BCUT2D eigenvalue weighted by molar-refractivity contribution is -0.150. The summed E-state index contributed by atoms with van der Waals surface area (Å²) in [6, 6.07) is 0. The molecule has 1 aliphatic rings. The van der Waals surface area contributed by atoms with Crippen molar-refractivity contribution < 1.29 is 14.7 Å². The van der Waals surface area contributed by atoms with E-state index in [0.29, 0.717) is 12.5 Å². The molecule has 1 rings (SSSR count). The summed E-state index contributed by atoms with van der Waals surface area (Å²) in [7, 11) is 0. The van der Waals surface area contributed by atoms with Crippen LogP contribution in [-0.4, -0.2) is 23.5 Å². The molecule has 0 saturated heterocycles. The van der Waals surface area contributed by atoms with Crippen molar-refractivity contribution >= 4 is 11.9 Å². The minimum atomic E-state index is -1.41. The smallest absolute Gasteiger partial charge is 0.394 e. The van der Waals surface area contributed by atoms with Crippen LogP contribution in [0.1, 0.15) is 33.1 Å². The Kier molecular flexibility index (Phi) is 3.13. The van der Waals surface area contributed by atoms with E-state index in [1.165, 1.54) is 19.3 Å². The van der Waals surface area contributed by atoms with Gasteiger partial charge in [-0.1, -0.05) is 20.3 Å². The number of carboxylic acids is 1. The standard InChI is InChI=1S/C10H17NO3/c1-10(2,7-4-3-5-7)6-11-8(12)9(13)14/h7H,3-6H2,1-2H3,(H,11,12)(H,13,14). The summed E-state index contributed by atoms with van der Waals surface area (Å²) in [6.45, 7) is 4.58. The minimum Gasteiger partial charge on any atom is -0.474 e. The second kappa shape index (κ2) is 3.98. The Labute approximate surface area is 83.7 Å². The number of hydrogen-bond donors (Lipinski definition) is 2. The molecule has 0 spiro atoms. The molecule has 4 heteroatoms. The molecule has 1 fully saturated rings. The molecule has 0 aliphatic heterocycles. The number of rotatable bonds is 3. The zero-order valence-corrected chi connectivity index (χ0v) is 8.67. The van der Waals surface area contributed by atoms with Crippen molar-refractivity contribution in [2.24, 2.45) is 11.3 Å². The Hall–Kier alpha value is -1.06. The Bertz CT molecular complexity index is 244. The molecular weight excluding hydrogens is 182 g/mol. The molecule has 0 bridgehead atoms. The third kappa shape index (κ3) is 2.47. The molecule has 80 valence electrons. The summed E-state index contributed by atoms with van der Waals surface area (Å²) in [5.74, 6) is -1.69. The highest BCUT2D eigenvalue weighted by molar-refractivity contribution is 6.31. The van der Waals surface area contributed by atoms with Crippen molar-refractivity contribution in [3.05, 3.63) is 0 Å². The van der Waals surface area contributed by atoms with Crippen molar-refractivity contribution in [1.29, 1.82) is 0 Å². The molecule has 2 N–H and O–H groups in total. The van der Waals surface area contributed by atoms with Gasteiger partial charge in [0.25, 0.3) is 0 Å². The Morgan fingerprint density at radius 2 is 2.00 bits per heavy atom. The van der Waals surface area contributed by atoms with Crippen LogP contribution in [0, 0.1) is 11.3 Å². The van der Waals surface area contributed by atoms with Crippen LogP contribution >= 0.6 is 0 Å². The zero-order valence-electron chi connectivity index (χ0n) is 8.67. The molecule has 0 radical (unpaired) electrons. The average molecular weight is 199 g/mol. The Morgan fingerprint density at radius 3 is 2.36 bits per heavy atom. The highest BCUT2D eigenvalue weighted by Crippen LogP contribution is 2.41. The number of carbonyl (C=O) groups excluding carboxylic acids is 1.